The third kappa shape index (κ3) is 3.19. The van der Waals surface area contributed by atoms with E-state index < -0.39 is 10.0 Å². The standard InChI is InChI=1S/C7H9N5O2S3/c8-6-11-12-7(16-6)17(13,14)10-2-1-5-3-15-4-9-5/h3-4,10H,1-2H2,(H2,8,11). The summed E-state index contributed by atoms with van der Waals surface area (Å²) < 4.78 is 25.7. The second-order valence-electron chi connectivity index (χ2n) is 3.03. The first-order valence-corrected chi connectivity index (χ1v) is 7.78. The smallest absolute Gasteiger partial charge is 0.269 e. The van der Waals surface area contributed by atoms with Gasteiger partial charge in [0.15, 0.2) is 0 Å². The normalized spacial score (nSPS) is 11.8. The van der Waals surface area contributed by atoms with Crippen molar-refractivity contribution in [2.45, 2.75) is 10.8 Å². The molecular weight excluding hydrogens is 282 g/mol. The van der Waals surface area contributed by atoms with E-state index in [1.165, 1.54) is 11.3 Å². The summed E-state index contributed by atoms with van der Waals surface area (Å²) in [5.41, 5.74) is 7.88. The van der Waals surface area contributed by atoms with E-state index in [1.807, 2.05) is 5.38 Å². The average molecular weight is 291 g/mol. The Bertz CT molecular complexity index is 576. The van der Waals surface area contributed by atoms with Crippen LogP contribution in [-0.2, 0) is 16.4 Å². The molecule has 0 aliphatic rings. The molecular formula is C7H9N5O2S3. The minimum Gasteiger partial charge on any atom is -0.374 e. The van der Waals surface area contributed by atoms with Crippen molar-refractivity contribution < 1.29 is 8.42 Å². The van der Waals surface area contributed by atoms with Gasteiger partial charge < -0.3 is 5.73 Å². The third-order valence-electron chi connectivity index (χ3n) is 1.81. The van der Waals surface area contributed by atoms with Crippen LogP contribution in [0.3, 0.4) is 0 Å². The number of anilines is 1. The summed E-state index contributed by atoms with van der Waals surface area (Å²) in [6.07, 6.45) is 0.539. The number of nitrogens with one attached hydrogen (secondary N) is 1. The zero-order chi connectivity index (χ0) is 12.3. The Morgan fingerprint density at radius 3 is 2.82 bits per heavy atom. The Morgan fingerprint density at radius 2 is 2.24 bits per heavy atom. The number of thiazole rings is 1. The lowest BCUT2D eigenvalue weighted by atomic mass is 10.3. The molecule has 0 aromatic carbocycles. The Morgan fingerprint density at radius 1 is 1.41 bits per heavy atom. The maximum Gasteiger partial charge on any atom is 0.269 e. The fourth-order valence-electron chi connectivity index (χ4n) is 1.07. The summed E-state index contributed by atoms with van der Waals surface area (Å²) in [5, 5.41) is 8.94. The summed E-state index contributed by atoms with van der Waals surface area (Å²) in [4.78, 5) is 4.05. The van der Waals surface area contributed by atoms with Crippen molar-refractivity contribution in [1.82, 2.24) is 19.9 Å². The lowest BCUT2D eigenvalue weighted by Crippen LogP contribution is -2.26. The van der Waals surface area contributed by atoms with Crippen LogP contribution in [0.25, 0.3) is 0 Å². The van der Waals surface area contributed by atoms with Gasteiger partial charge in [-0.2, -0.15) is 0 Å². The fraction of sp³-hybridized carbons (Fsp3) is 0.286. The third-order valence-corrected chi connectivity index (χ3v) is 5.02. The van der Waals surface area contributed by atoms with Crippen LogP contribution in [0.15, 0.2) is 15.2 Å². The predicted molar refractivity (Wildman–Crippen MR) is 65.3 cm³/mol. The highest BCUT2D eigenvalue weighted by molar-refractivity contribution is 7.91. The number of aromatic nitrogens is 3. The predicted octanol–water partition coefficient (Wildman–Crippen LogP) is 0.0978. The van der Waals surface area contributed by atoms with Crippen molar-refractivity contribution in [2.75, 3.05) is 12.3 Å². The Hall–Kier alpha value is -1.10. The van der Waals surface area contributed by atoms with E-state index in [-0.39, 0.29) is 16.0 Å². The zero-order valence-corrected chi connectivity index (χ0v) is 11.0. The van der Waals surface area contributed by atoms with E-state index >= 15 is 0 Å². The number of sulfonamides is 1. The Kier molecular flexibility index (Phi) is 3.66. The maximum absolute atomic E-state index is 11.7. The molecule has 10 heteroatoms. The molecule has 92 valence electrons. The van der Waals surface area contributed by atoms with Gasteiger partial charge in [0, 0.05) is 18.3 Å². The SMILES string of the molecule is Nc1nnc(S(=O)(=O)NCCc2cscn2)s1. The van der Waals surface area contributed by atoms with Gasteiger partial charge in [0.25, 0.3) is 10.0 Å². The van der Waals surface area contributed by atoms with Crippen molar-refractivity contribution in [1.29, 1.82) is 0 Å². The molecule has 0 amide bonds. The van der Waals surface area contributed by atoms with Crippen LogP contribution < -0.4 is 10.5 Å². The topological polar surface area (TPSA) is 111 Å². The van der Waals surface area contributed by atoms with Crippen LogP contribution in [0, 0.1) is 0 Å². The molecule has 7 nitrogen and oxygen atoms in total. The first kappa shape index (κ1) is 12.4. The summed E-state index contributed by atoms with van der Waals surface area (Å²) in [6, 6.07) is 0. The number of nitrogens with zero attached hydrogens (tertiary/aromatic N) is 3. The number of rotatable bonds is 5. The van der Waals surface area contributed by atoms with E-state index in [1.54, 1.807) is 5.51 Å². The number of hydrogen-bond donors (Lipinski definition) is 2. The molecule has 0 fully saturated rings. The zero-order valence-electron chi connectivity index (χ0n) is 8.53. The van der Waals surface area contributed by atoms with Crippen LogP contribution in [0.1, 0.15) is 5.69 Å². The molecule has 3 N–H and O–H groups in total. The lowest BCUT2D eigenvalue weighted by molar-refractivity contribution is 0.579. The molecule has 2 rings (SSSR count). The lowest BCUT2D eigenvalue weighted by Gasteiger charge is -2.01. The maximum atomic E-state index is 11.7. The van der Waals surface area contributed by atoms with E-state index in [0.717, 1.165) is 17.0 Å². The first-order valence-electron chi connectivity index (χ1n) is 4.53. The molecule has 0 radical (unpaired) electrons. The first-order chi connectivity index (χ1) is 8.08. The molecule has 0 saturated heterocycles. The second kappa shape index (κ2) is 5.04. The van der Waals surface area contributed by atoms with E-state index in [4.69, 9.17) is 5.73 Å². The summed E-state index contributed by atoms with van der Waals surface area (Å²) in [7, 11) is -3.60. The minimum absolute atomic E-state index is 0.117. The van der Waals surface area contributed by atoms with E-state index in [2.05, 4.69) is 19.9 Å². The largest absolute Gasteiger partial charge is 0.374 e. The molecule has 0 atom stereocenters. The van der Waals surface area contributed by atoms with Crippen LogP contribution >= 0.6 is 22.7 Å². The molecule has 2 aromatic rings. The Labute approximate surface area is 106 Å². The van der Waals surface area contributed by atoms with Crippen molar-refractivity contribution in [3.8, 4) is 0 Å². The number of nitrogens with two attached hydrogens (primary N) is 1. The highest BCUT2D eigenvalue weighted by Crippen LogP contribution is 2.16. The van der Waals surface area contributed by atoms with Gasteiger partial charge in [-0.1, -0.05) is 11.3 Å². The van der Waals surface area contributed by atoms with Crippen LogP contribution in [0.5, 0.6) is 0 Å². The van der Waals surface area contributed by atoms with E-state index in [0.29, 0.717) is 6.42 Å². The van der Waals surface area contributed by atoms with Gasteiger partial charge in [0.2, 0.25) is 9.47 Å². The van der Waals surface area contributed by atoms with Crippen LogP contribution in [0.4, 0.5) is 5.13 Å². The number of nitrogen functional groups attached to an aromatic ring is 1. The quantitative estimate of drug-likeness (QED) is 0.808. The number of hydrogen-bond acceptors (Lipinski definition) is 8. The van der Waals surface area contributed by atoms with E-state index in [9.17, 15) is 8.42 Å². The van der Waals surface area contributed by atoms with Gasteiger partial charge in [-0.3, -0.25) is 0 Å². The molecule has 17 heavy (non-hydrogen) atoms. The highest BCUT2D eigenvalue weighted by Gasteiger charge is 2.18. The summed E-state index contributed by atoms with van der Waals surface area (Å²) in [5.74, 6) is 0. The van der Waals surface area contributed by atoms with Gasteiger partial charge in [-0.15, -0.1) is 21.5 Å². The van der Waals surface area contributed by atoms with Gasteiger partial charge in [0.1, 0.15) is 0 Å². The monoisotopic (exact) mass is 291 g/mol. The van der Waals surface area contributed by atoms with Crippen molar-refractivity contribution >= 4 is 37.8 Å². The molecule has 0 spiro atoms. The highest BCUT2D eigenvalue weighted by atomic mass is 32.2. The molecule has 0 bridgehead atoms. The van der Waals surface area contributed by atoms with Crippen molar-refractivity contribution in [2.24, 2.45) is 0 Å². The molecule has 0 aliphatic heterocycles. The fourth-order valence-corrected chi connectivity index (χ4v) is 3.51. The van der Waals surface area contributed by atoms with Gasteiger partial charge in [-0.05, 0) is 0 Å². The molecule has 0 saturated carbocycles. The van der Waals surface area contributed by atoms with Gasteiger partial charge in [0.05, 0.1) is 11.2 Å². The van der Waals surface area contributed by atoms with Crippen molar-refractivity contribution in [3.63, 3.8) is 0 Å². The van der Waals surface area contributed by atoms with Crippen molar-refractivity contribution in [3.05, 3.63) is 16.6 Å². The Balaban J connectivity index is 1.94. The van der Waals surface area contributed by atoms with Gasteiger partial charge in [-0.25, -0.2) is 18.1 Å². The van der Waals surface area contributed by atoms with Crippen LogP contribution in [-0.4, -0.2) is 30.1 Å². The molecule has 0 unspecified atom stereocenters. The second-order valence-corrected chi connectivity index (χ2v) is 6.70. The molecule has 0 aliphatic carbocycles. The minimum atomic E-state index is -3.60. The average Bonchev–Trinajstić information content (AvgIpc) is 2.89. The molecule has 2 aromatic heterocycles. The summed E-state index contributed by atoms with van der Waals surface area (Å²) >= 11 is 2.31. The summed E-state index contributed by atoms with van der Waals surface area (Å²) in [6.45, 7) is 0.269. The van der Waals surface area contributed by atoms with Gasteiger partial charge >= 0.3 is 0 Å². The van der Waals surface area contributed by atoms with Crippen LogP contribution in [0.2, 0.25) is 0 Å². The molecule has 2 heterocycles.